The Balaban J connectivity index is 0.00000280. The van der Waals surface area contributed by atoms with Crippen molar-refractivity contribution in [3.8, 4) is 5.75 Å². The molecule has 0 bridgehead atoms. The van der Waals surface area contributed by atoms with Crippen molar-refractivity contribution in [2.24, 2.45) is 4.99 Å². The summed E-state index contributed by atoms with van der Waals surface area (Å²) >= 11 is 0. The number of guanidine groups is 1. The van der Waals surface area contributed by atoms with Crippen LogP contribution in [0.2, 0.25) is 0 Å². The molecule has 0 spiro atoms. The molecule has 28 heavy (non-hydrogen) atoms. The van der Waals surface area contributed by atoms with Crippen LogP contribution in [0.25, 0.3) is 0 Å². The number of halogens is 1. The van der Waals surface area contributed by atoms with Crippen LogP contribution in [-0.2, 0) is 6.54 Å². The molecule has 5 nitrogen and oxygen atoms in total. The van der Waals surface area contributed by atoms with Crippen molar-refractivity contribution in [2.45, 2.75) is 38.5 Å². The summed E-state index contributed by atoms with van der Waals surface area (Å²) < 4.78 is 6.12. The molecular weight excluding hydrogens is 463 g/mol. The molecule has 1 atom stereocenters. The maximum atomic E-state index is 6.12. The first kappa shape index (κ1) is 22.3. The first-order valence-electron chi connectivity index (χ1n) is 9.39. The predicted octanol–water partition coefficient (Wildman–Crippen LogP) is 4.34. The summed E-state index contributed by atoms with van der Waals surface area (Å²) in [6, 6.07) is 16.9. The fraction of sp³-hybridized carbons (Fsp3) is 0.409. The van der Waals surface area contributed by atoms with E-state index in [1.165, 1.54) is 16.8 Å². The Bertz CT molecular complexity index is 802. The van der Waals surface area contributed by atoms with E-state index in [-0.39, 0.29) is 35.6 Å². The normalized spacial score (nSPS) is 17.6. The van der Waals surface area contributed by atoms with Crippen molar-refractivity contribution < 1.29 is 4.74 Å². The van der Waals surface area contributed by atoms with E-state index in [1.54, 1.807) is 7.05 Å². The molecule has 0 saturated carbocycles. The van der Waals surface area contributed by atoms with Gasteiger partial charge in [-0.25, -0.2) is 0 Å². The van der Waals surface area contributed by atoms with Gasteiger partial charge in [0.05, 0.1) is 6.04 Å². The third-order valence-electron chi connectivity index (χ3n) is 4.82. The molecule has 2 aromatic rings. The van der Waals surface area contributed by atoms with E-state index in [9.17, 15) is 0 Å². The van der Waals surface area contributed by atoms with Gasteiger partial charge in [-0.2, -0.15) is 0 Å². The molecule has 0 aliphatic carbocycles. The largest absolute Gasteiger partial charge is 0.487 e. The van der Waals surface area contributed by atoms with Gasteiger partial charge in [-0.1, -0.05) is 30.3 Å². The molecule has 0 saturated heterocycles. The zero-order valence-electron chi connectivity index (χ0n) is 17.3. The second-order valence-electron chi connectivity index (χ2n) is 7.79. The van der Waals surface area contributed by atoms with Gasteiger partial charge in [-0.15, -0.1) is 24.0 Å². The number of rotatable bonds is 4. The minimum absolute atomic E-state index is 0. The lowest BCUT2D eigenvalue weighted by Crippen LogP contribution is -2.45. The zero-order chi connectivity index (χ0) is 19.4. The fourth-order valence-corrected chi connectivity index (χ4v) is 3.39. The Morgan fingerprint density at radius 1 is 1.14 bits per heavy atom. The number of nitrogens with zero attached hydrogens (tertiary/aromatic N) is 2. The third-order valence-corrected chi connectivity index (χ3v) is 4.82. The van der Waals surface area contributed by atoms with Crippen LogP contribution in [0.15, 0.2) is 53.5 Å². The molecule has 1 unspecified atom stereocenters. The third kappa shape index (κ3) is 5.53. The van der Waals surface area contributed by atoms with E-state index in [2.05, 4.69) is 70.8 Å². The molecule has 0 aromatic heterocycles. The highest BCUT2D eigenvalue weighted by atomic mass is 127. The number of para-hydroxylation sites is 1. The summed E-state index contributed by atoms with van der Waals surface area (Å²) in [7, 11) is 5.90. The number of anilines is 1. The topological polar surface area (TPSA) is 48.9 Å². The van der Waals surface area contributed by atoms with E-state index in [1.807, 2.05) is 26.2 Å². The van der Waals surface area contributed by atoms with Gasteiger partial charge in [0.15, 0.2) is 5.96 Å². The van der Waals surface area contributed by atoms with Crippen LogP contribution in [0.4, 0.5) is 5.69 Å². The van der Waals surface area contributed by atoms with E-state index in [0.717, 1.165) is 24.7 Å². The fourth-order valence-electron chi connectivity index (χ4n) is 3.39. The van der Waals surface area contributed by atoms with Gasteiger partial charge in [0, 0.05) is 45.4 Å². The molecule has 1 aliphatic rings. The van der Waals surface area contributed by atoms with Crippen LogP contribution >= 0.6 is 24.0 Å². The monoisotopic (exact) mass is 494 g/mol. The minimum atomic E-state index is -0.215. The average Bonchev–Trinajstić information content (AvgIpc) is 2.64. The molecular formula is C22H31IN4O. The Hall–Kier alpha value is -1.96. The zero-order valence-corrected chi connectivity index (χ0v) is 19.7. The second-order valence-corrected chi connectivity index (χ2v) is 7.79. The van der Waals surface area contributed by atoms with Gasteiger partial charge in [0.1, 0.15) is 11.4 Å². The number of hydrogen-bond donors (Lipinski definition) is 2. The summed E-state index contributed by atoms with van der Waals surface area (Å²) in [5, 5.41) is 6.99. The Labute approximate surface area is 185 Å². The average molecular weight is 494 g/mol. The molecule has 1 heterocycles. The van der Waals surface area contributed by atoms with Gasteiger partial charge >= 0.3 is 0 Å². The van der Waals surface area contributed by atoms with E-state index in [4.69, 9.17) is 4.74 Å². The van der Waals surface area contributed by atoms with Gasteiger partial charge < -0.3 is 20.3 Å². The Morgan fingerprint density at radius 3 is 2.46 bits per heavy atom. The van der Waals surface area contributed by atoms with Crippen LogP contribution in [0.3, 0.4) is 0 Å². The maximum absolute atomic E-state index is 6.12. The van der Waals surface area contributed by atoms with Crippen molar-refractivity contribution in [3.63, 3.8) is 0 Å². The van der Waals surface area contributed by atoms with E-state index >= 15 is 0 Å². The van der Waals surface area contributed by atoms with E-state index in [0.29, 0.717) is 0 Å². The summed E-state index contributed by atoms with van der Waals surface area (Å²) in [6.07, 6.45) is 0.877. The lowest BCUT2D eigenvalue weighted by Gasteiger charge is -2.38. The van der Waals surface area contributed by atoms with Crippen LogP contribution < -0.4 is 20.3 Å². The number of ether oxygens (including phenoxy) is 1. The molecule has 2 N–H and O–H groups in total. The Morgan fingerprint density at radius 2 is 1.82 bits per heavy atom. The minimum Gasteiger partial charge on any atom is -0.487 e. The molecule has 1 aliphatic heterocycles. The molecule has 3 rings (SSSR count). The highest BCUT2D eigenvalue weighted by molar-refractivity contribution is 14.0. The first-order chi connectivity index (χ1) is 12.9. The highest BCUT2D eigenvalue weighted by Crippen LogP contribution is 2.39. The molecule has 152 valence electrons. The van der Waals surface area contributed by atoms with Gasteiger partial charge in [-0.3, -0.25) is 4.99 Å². The van der Waals surface area contributed by atoms with Gasteiger partial charge in [0.25, 0.3) is 0 Å². The summed E-state index contributed by atoms with van der Waals surface area (Å²) in [6.45, 7) is 4.97. The number of hydrogen-bond acceptors (Lipinski definition) is 3. The molecule has 2 aromatic carbocycles. The van der Waals surface area contributed by atoms with Gasteiger partial charge in [-0.05, 0) is 37.6 Å². The van der Waals surface area contributed by atoms with Crippen LogP contribution in [0.1, 0.15) is 37.4 Å². The predicted molar refractivity (Wildman–Crippen MR) is 128 cm³/mol. The SMILES string of the molecule is CN=C(NCc1ccc(N(C)C)cc1)NC1CC(C)(C)Oc2ccccc21.I. The van der Waals surface area contributed by atoms with Crippen molar-refractivity contribution in [1.29, 1.82) is 0 Å². The highest BCUT2D eigenvalue weighted by Gasteiger charge is 2.33. The number of aliphatic imine (C=N–C) groups is 1. The van der Waals surface area contributed by atoms with Crippen LogP contribution in [0, 0.1) is 0 Å². The first-order valence-corrected chi connectivity index (χ1v) is 9.39. The standard InChI is InChI=1S/C22H30N4O.HI/c1-22(2)14-19(18-8-6-7-9-20(18)27-22)25-21(23-3)24-15-16-10-12-17(13-11-16)26(4)5;/h6-13,19H,14-15H2,1-5H3,(H2,23,24,25);1H. The quantitative estimate of drug-likeness (QED) is 0.377. The van der Waals surface area contributed by atoms with Crippen molar-refractivity contribution in [2.75, 3.05) is 26.0 Å². The second kappa shape index (κ2) is 9.49. The van der Waals surface area contributed by atoms with E-state index < -0.39 is 0 Å². The molecule has 0 amide bonds. The number of nitrogens with one attached hydrogen (secondary N) is 2. The van der Waals surface area contributed by atoms with Crippen molar-refractivity contribution in [3.05, 3.63) is 59.7 Å². The lowest BCUT2D eigenvalue weighted by molar-refractivity contribution is 0.0694. The Kier molecular flexibility index (Phi) is 7.57. The molecule has 0 fully saturated rings. The van der Waals surface area contributed by atoms with Gasteiger partial charge in [0.2, 0.25) is 0 Å². The van der Waals surface area contributed by atoms with Crippen LogP contribution in [-0.4, -0.2) is 32.7 Å². The van der Waals surface area contributed by atoms with Crippen LogP contribution in [0.5, 0.6) is 5.75 Å². The summed E-state index contributed by atoms with van der Waals surface area (Å²) in [5.74, 6) is 1.74. The summed E-state index contributed by atoms with van der Waals surface area (Å²) in [4.78, 5) is 6.51. The van der Waals surface area contributed by atoms with Crippen molar-refractivity contribution >= 4 is 35.6 Å². The number of fused-ring (bicyclic) bond motifs is 1. The van der Waals surface area contributed by atoms with Crippen molar-refractivity contribution in [1.82, 2.24) is 10.6 Å². The lowest BCUT2D eigenvalue weighted by atomic mass is 9.90. The maximum Gasteiger partial charge on any atom is 0.191 e. The smallest absolute Gasteiger partial charge is 0.191 e. The molecule has 0 radical (unpaired) electrons. The summed E-state index contributed by atoms with van der Waals surface area (Å²) in [5.41, 5.74) is 3.38. The number of benzene rings is 2. The molecule has 6 heteroatoms.